The summed E-state index contributed by atoms with van der Waals surface area (Å²) in [6, 6.07) is 14.8. The van der Waals surface area contributed by atoms with Crippen molar-refractivity contribution < 1.29 is 34.4 Å². The highest BCUT2D eigenvalue weighted by Crippen LogP contribution is 2.43. The highest BCUT2D eigenvalue weighted by atomic mass is 16.5. The Morgan fingerprint density at radius 1 is 1.15 bits per heavy atom. The van der Waals surface area contributed by atoms with E-state index in [4.69, 9.17) is 9.47 Å². The van der Waals surface area contributed by atoms with Crippen LogP contribution in [0.3, 0.4) is 0 Å². The van der Waals surface area contributed by atoms with E-state index >= 15 is 0 Å². The van der Waals surface area contributed by atoms with Crippen LogP contribution in [0.1, 0.15) is 45.6 Å². The number of carbonyl (C=O) groups is 2. The molecule has 3 aromatic rings. The predicted octanol–water partition coefficient (Wildman–Crippen LogP) is 4.32. The van der Waals surface area contributed by atoms with Gasteiger partial charge in [0.2, 0.25) is 5.91 Å². The van der Waals surface area contributed by atoms with Crippen LogP contribution in [0.15, 0.2) is 54.7 Å². The number of aliphatic hydroxyl groups excluding tert-OH is 1. The molecule has 40 heavy (non-hydrogen) atoms. The summed E-state index contributed by atoms with van der Waals surface area (Å²) in [7, 11) is 0. The van der Waals surface area contributed by atoms with Crippen LogP contribution in [0, 0.1) is 5.41 Å². The number of hydrogen-bond donors (Lipinski definition) is 4. The molecule has 2 heterocycles. The largest absolute Gasteiger partial charge is 0.506 e. The summed E-state index contributed by atoms with van der Waals surface area (Å²) in [5, 5.41) is 33.8. The first-order valence-electron chi connectivity index (χ1n) is 13.4. The molecule has 2 amide bonds. The zero-order chi connectivity index (χ0) is 28.9. The van der Waals surface area contributed by atoms with Gasteiger partial charge >= 0.3 is 6.09 Å². The maximum absolute atomic E-state index is 13.5. The summed E-state index contributed by atoms with van der Waals surface area (Å²) in [6.45, 7) is 6.28. The van der Waals surface area contributed by atoms with E-state index in [1.54, 1.807) is 18.2 Å². The van der Waals surface area contributed by atoms with E-state index in [0.717, 1.165) is 10.5 Å². The van der Waals surface area contributed by atoms with Crippen molar-refractivity contribution in [2.75, 3.05) is 19.7 Å². The van der Waals surface area contributed by atoms with E-state index in [9.17, 15) is 24.9 Å². The molecule has 0 radical (unpaired) electrons. The number of rotatable bonds is 9. The zero-order valence-corrected chi connectivity index (χ0v) is 23.1. The lowest BCUT2D eigenvalue weighted by Crippen LogP contribution is -2.70. The maximum Gasteiger partial charge on any atom is 0.408 e. The number of aliphatic hydroxyl groups is 1. The molecule has 1 saturated heterocycles. The van der Waals surface area contributed by atoms with Crippen molar-refractivity contribution in [2.24, 2.45) is 5.41 Å². The average molecular weight is 552 g/mol. The minimum Gasteiger partial charge on any atom is -0.506 e. The number of carbonyl (C=O) groups excluding carboxylic acids is 1. The van der Waals surface area contributed by atoms with Crippen LogP contribution in [-0.2, 0) is 11.4 Å². The second-order valence-electron chi connectivity index (χ2n) is 11.1. The third-order valence-corrected chi connectivity index (χ3v) is 7.38. The average Bonchev–Trinajstić information content (AvgIpc) is 2.91. The van der Waals surface area contributed by atoms with Crippen LogP contribution in [0.2, 0.25) is 0 Å². The zero-order valence-electron chi connectivity index (χ0n) is 23.1. The second kappa shape index (κ2) is 12.0. The molecule has 2 atom stereocenters. The number of nitrogens with one attached hydrogen (secondary N) is 1. The van der Waals surface area contributed by atoms with Gasteiger partial charge in [0.15, 0.2) is 11.5 Å². The molecule has 1 aliphatic heterocycles. The van der Waals surface area contributed by atoms with Gasteiger partial charge in [-0.05, 0) is 42.0 Å². The molecule has 10 heteroatoms. The van der Waals surface area contributed by atoms with Gasteiger partial charge < -0.3 is 30.1 Å². The number of aromatic hydroxyl groups is 1. The summed E-state index contributed by atoms with van der Waals surface area (Å²) < 4.78 is 12.2. The van der Waals surface area contributed by atoms with Gasteiger partial charge in [-0.2, -0.15) is 0 Å². The Morgan fingerprint density at radius 3 is 2.60 bits per heavy atom. The summed E-state index contributed by atoms with van der Waals surface area (Å²) in [4.78, 5) is 31.0. The number of fused-ring (bicyclic) bond motifs is 1. The fourth-order valence-electron chi connectivity index (χ4n) is 5.28. The number of nitrogens with zero attached hydrogens (tertiary/aromatic N) is 2. The number of pyridine rings is 1. The standard InChI is InChI=1S/C30H37N3O7/c1-29(2,3)30(17-21(34)12-14-33(30)28(37)38)27(36)31-13-7-15-39-26-23-16-22(35)18-32-24(23)10-11-25(26)40-19-20-8-5-4-6-9-20/h4-6,8-11,16,18,21,34-35H,7,12-15,17,19H2,1-3H3,(H,31,36)(H,37,38)/t21-,30-/m1/s1. The molecule has 0 unspecified atom stereocenters. The number of aromatic nitrogens is 1. The fraction of sp³-hybridized carbons (Fsp3) is 0.433. The van der Waals surface area contributed by atoms with E-state index < -0.39 is 29.1 Å². The van der Waals surface area contributed by atoms with Crippen molar-refractivity contribution in [2.45, 2.75) is 58.3 Å². The van der Waals surface area contributed by atoms with E-state index in [2.05, 4.69) is 10.3 Å². The van der Waals surface area contributed by atoms with Gasteiger partial charge in [0, 0.05) is 24.9 Å². The third kappa shape index (κ3) is 6.07. The molecule has 4 rings (SSSR count). The maximum atomic E-state index is 13.5. The molecule has 0 bridgehead atoms. The van der Waals surface area contributed by atoms with Crippen molar-refractivity contribution in [1.29, 1.82) is 0 Å². The number of likely N-dealkylation sites (tertiary alicyclic amines) is 1. The summed E-state index contributed by atoms with van der Waals surface area (Å²) in [5.74, 6) is 0.483. The highest BCUT2D eigenvalue weighted by molar-refractivity contribution is 5.91. The Labute approximate surface area is 233 Å². The van der Waals surface area contributed by atoms with Crippen molar-refractivity contribution >= 4 is 22.9 Å². The highest BCUT2D eigenvalue weighted by Gasteiger charge is 2.57. The van der Waals surface area contributed by atoms with Crippen LogP contribution >= 0.6 is 0 Å². The molecule has 0 spiro atoms. The van der Waals surface area contributed by atoms with Crippen LogP contribution in [0.4, 0.5) is 4.79 Å². The number of carboxylic acid groups (broad SMARTS) is 1. The van der Waals surface area contributed by atoms with Gasteiger partial charge in [-0.1, -0.05) is 51.1 Å². The minimum absolute atomic E-state index is 0.00467. The molecule has 4 N–H and O–H groups in total. The second-order valence-corrected chi connectivity index (χ2v) is 11.1. The Hall–Kier alpha value is -4.05. The van der Waals surface area contributed by atoms with Crippen molar-refractivity contribution in [3.05, 3.63) is 60.3 Å². The number of hydrogen-bond acceptors (Lipinski definition) is 7. The molecular formula is C30H37N3O7. The molecule has 10 nitrogen and oxygen atoms in total. The molecular weight excluding hydrogens is 514 g/mol. The molecule has 2 aromatic carbocycles. The van der Waals surface area contributed by atoms with Gasteiger partial charge in [-0.25, -0.2) is 4.79 Å². The molecule has 0 saturated carbocycles. The smallest absolute Gasteiger partial charge is 0.408 e. The van der Waals surface area contributed by atoms with Crippen molar-refractivity contribution in [3.8, 4) is 17.2 Å². The Morgan fingerprint density at radius 2 is 1.90 bits per heavy atom. The van der Waals surface area contributed by atoms with Crippen LogP contribution in [0.5, 0.6) is 17.2 Å². The monoisotopic (exact) mass is 551 g/mol. The fourth-order valence-corrected chi connectivity index (χ4v) is 5.28. The van der Waals surface area contributed by atoms with Crippen LogP contribution in [0.25, 0.3) is 10.9 Å². The van der Waals surface area contributed by atoms with E-state index in [1.165, 1.54) is 6.20 Å². The van der Waals surface area contributed by atoms with Gasteiger partial charge in [-0.3, -0.25) is 14.7 Å². The predicted molar refractivity (Wildman–Crippen MR) is 149 cm³/mol. The van der Waals surface area contributed by atoms with Gasteiger partial charge in [0.05, 0.1) is 24.4 Å². The van der Waals surface area contributed by atoms with Crippen LogP contribution in [-0.4, -0.2) is 68.5 Å². The first-order chi connectivity index (χ1) is 19.0. The Balaban J connectivity index is 1.45. The van der Waals surface area contributed by atoms with E-state index in [0.29, 0.717) is 35.4 Å². The lowest BCUT2D eigenvalue weighted by atomic mass is 9.66. The summed E-state index contributed by atoms with van der Waals surface area (Å²) in [6.07, 6.45) is 0.142. The third-order valence-electron chi connectivity index (χ3n) is 7.38. The van der Waals surface area contributed by atoms with Gasteiger partial charge in [-0.15, -0.1) is 0 Å². The molecule has 1 aliphatic rings. The normalized spacial score (nSPS) is 19.3. The lowest BCUT2D eigenvalue weighted by Gasteiger charge is -2.53. The molecule has 1 aromatic heterocycles. The first kappa shape index (κ1) is 28.9. The van der Waals surface area contributed by atoms with Gasteiger partial charge in [0.1, 0.15) is 17.9 Å². The quantitative estimate of drug-likeness (QED) is 0.288. The SMILES string of the molecule is CC(C)(C)[C@]1(C(=O)NCCCOc2c(OCc3ccccc3)ccc3ncc(O)cc23)C[C@H](O)CCN1C(=O)O. The van der Waals surface area contributed by atoms with E-state index in [-0.39, 0.29) is 38.3 Å². The summed E-state index contributed by atoms with van der Waals surface area (Å²) in [5.41, 5.74) is -0.545. The van der Waals surface area contributed by atoms with Gasteiger partial charge in [0.25, 0.3) is 0 Å². The number of benzene rings is 2. The van der Waals surface area contributed by atoms with Crippen LogP contribution < -0.4 is 14.8 Å². The summed E-state index contributed by atoms with van der Waals surface area (Å²) >= 11 is 0. The number of piperidine rings is 1. The van der Waals surface area contributed by atoms with Crippen molar-refractivity contribution in [1.82, 2.24) is 15.2 Å². The first-order valence-corrected chi connectivity index (χ1v) is 13.4. The molecule has 214 valence electrons. The Kier molecular flexibility index (Phi) is 8.68. The van der Waals surface area contributed by atoms with Crippen molar-refractivity contribution in [3.63, 3.8) is 0 Å². The molecule has 0 aliphatic carbocycles. The Bertz CT molecular complexity index is 1340. The number of ether oxygens (including phenoxy) is 2. The molecule has 1 fully saturated rings. The number of amides is 2. The lowest BCUT2D eigenvalue weighted by molar-refractivity contribution is -0.148. The van der Waals surface area contributed by atoms with E-state index in [1.807, 2.05) is 51.1 Å². The topological polar surface area (TPSA) is 141 Å². The minimum atomic E-state index is -1.41.